The Morgan fingerprint density at radius 1 is 1.17 bits per heavy atom. The van der Waals surface area contributed by atoms with Crippen LogP contribution in [-0.2, 0) is 6.42 Å². The summed E-state index contributed by atoms with van der Waals surface area (Å²) < 4.78 is 0. The number of aliphatic hydroxyl groups excluding tert-OH is 1. The molecule has 0 aromatic heterocycles. The number of aryl methyl sites for hydroxylation is 1. The standard InChI is InChI=1S/C16H27NO/c1-6-13-7-9-14(10-8-13)17(5)12-11-15(18)16(2,3)4/h7-10,15,18H,6,11-12H2,1-5H3. The van der Waals surface area contributed by atoms with Gasteiger partial charge in [0, 0.05) is 19.3 Å². The van der Waals surface area contributed by atoms with E-state index in [-0.39, 0.29) is 11.5 Å². The van der Waals surface area contributed by atoms with Crippen LogP contribution < -0.4 is 4.90 Å². The van der Waals surface area contributed by atoms with Gasteiger partial charge in [0.1, 0.15) is 0 Å². The third-order valence-electron chi connectivity index (χ3n) is 3.52. The quantitative estimate of drug-likeness (QED) is 0.863. The van der Waals surface area contributed by atoms with Crippen LogP contribution in [0.15, 0.2) is 24.3 Å². The molecule has 0 saturated carbocycles. The van der Waals surface area contributed by atoms with E-state index in [4.69, 9.17) is 0 Å². The molecule has 1 aromatic rings. The summed E-state index contributed by atoms with van der Waals surface area (Å²) in [5, 5.41) is 10.0. The Bertz CT molecular complexity index is 350. The summed E-state index contributed by atoms with van der Waals surface area (Å²) in [6, 6.07) is 8.66. The van der Waals surface area contributed by atoms with Gasteiger partial charge in [-0.15, -0.1) is 0 Å². The van der Waals surface area contributed by atoms with Gasteiger partial charge >= 0.3 is 0 Å². The van der Waals surface area contributed by atoms with E-state index in [0.29, 0.717) is 0 Å². The van der Waals surface area contributed by atoms with E-state index in [2.05, 4.69) is 63.9 Å². The maximum absolute atomic E-state index is 10.0. The van der Waals surface area contributed by atoms with Gasteiger partial charge in [-0.05, 0) is 36.0 Å². The highest BCUT2D eigenvalue weighted by Gasteiger charge is 2.21. The predicted octanol–water partition coefficient (Wildman–Crippen LogP) is 3.48. The molecular formula is C16H27NO. The van der Waals surface area contributed by atoms with Crippen LogP contribution in [-0.4, -0.2) is 24.8 Å². The average molecular weight is 249 g/mol. The first-order valence-corrected chi connectivity index (χ1v) is 6.82. The van der Waals surface area contributed by atoms with Crippen LogP contribution in [0.3, 0.4) is 0 Å². The molecule has 0 heterocycles. The molecule has 0 bridgehead atoms. The Balaban J connectivity index is 2.52. The molecule has 18 heavy (non-hydrogen) atoms. The lowest BCUT2D eigenvalue weighted by Crippen LogP contribution is -2.31. The van der Waals surface area contributed by atoms with Gasteiger partial charge in [-0.2, -0.15) is 0 Å². The zero-order valence-corrected chi connectivity index (χ0v) is 12.4. The minimum Gasteiger partial charge on any atom is -0.393 e. The third kappa shape index (κ3) is 4.34. The second-order valence-electron chi connectivity index (χ2n) is 6.11. The van der Waals surface area contributed by atoms with Crippen molar-refractivity contribution in [2.45, 2.75) is 46.6 Å². The van der Waals surface area contributed by atoms with Crippen LogP contribution in [0.5, 0.6) is 0 Å². The second kappa shape index (κ2) is 6.24. The molecule has 0 aliphatic rings. The molecule has 2 nitrogen and oxygen atoms in total. The molecule has 0 amide bonds. The van der Waals surface area contributed by atoms with Crippen molar-refractivity contribution in [3.63, 3.8) is 0 Å². The van der Waals surface area contributed by atoms with E-state index in [1.807, 2.05) is 0 Å². The molecular weight excluding hydrogens is 222 g/mol. The van der Waals surface area contributed by atoms with Crippen molar-refractivity contribution in [3.05, 3.63) is 29.8 Å². The van der Waals surface area contributed by atoms with Crippen molar-refractivity contribution in [2.75, 3.05) is 18.5 Å². The van der Waals surface area contributed by atoms with Crippen molar-refractivity contribution >= 4 is 5.69 Å². The summed E-state index contributed by atoms with van der Waals surface area (Å²) in [6.45, 7) is 9.28. The fourth-order valence-electron chi connectivity index (χ4n) is 1.86. The second-order valence-corrected chi connectivity index (χ2v) is 6.11. The molecule has 1 unspecified atom stereocenters. The lowest BCUT2D eigenvalue weighted by molar-refractivity contribution is 0.0576. The van der Waals surface area contributed by atoms with Gasteiger partial charge in [-0.25, -0.2) is 0 Å². The normalized spacial score (nSPS) is 13.4. The van der Waals surface area contributed by atoms with E-state index < -0.39 is 0 Å². The van der Waals surface area contributed by atoms with E-state index in [1.54, 1.807) is 0 Å². The largest absolute Gasteiger partial charge is 0.393 e. The van der Waals surface area contributed by atoms with Gasteiger partial charge in [0.2, 0.25) is 0 Å². The Morgan fingerprint density at radius 2 is 1.72 bits per heavy atom. The van der Waals surface area contributed by atoms with Gasteiger partial charge in [-0.1, -0.05) is 39.8 Å². The highest BCUT2D eigenvalue weighted by molar-refractivity contribution is 5.46. The summed E-state index contributed by atoms with van der Waals surface area (Å²) >= 11 is 0. The fraction of sp³-hybridized carbons (Fsp3) is 0.625. The maximum atomic E-state index is 10.0. The van der Waals surface area contributed by atoms with Crippen LogP contribution in [0.2, 0.25) is 0 Å². The van der Waals surface area contributed by atoms with Crippen molar-refractivity contribution < 1.29 is 5.11 Å². The molecule has 1 atom stereocenters. The molecule has 0 aliphatic carbocycles. The van der Waals surface area contributed by atoms with Gasteiger partial charge < -0.3 is 10.0 Å². The molecule has 0 saturated heterocycles. The van der Waals surface area contributed by atoms with Gasteiger partial charge in [-0.3, -0.25) is 0 Å². The summed E-state index contributed by atoms with van der Waals surface area (Å²) in [4.78, 5) is 2.20. The molecule has 0 radical (unpaired) electrons. The maximum Gasteiger partial charge on any atom is 0.0605 e. The average Bonchev–Trinajstić information content (AvgIpc) is 2.34. The van der Waals surface area contributed by atoms with Crippen LogP contribution in [0, 0.1) is 5.41 Å². The number of rotatable bonds is 5. The lowest BCUT2D eigenvalue weighted by Gasteiger charge is -2.28. The van der Waals surface area contributed by atoms with E-state index in [1.165, 1.54) is 11.3 Å². The highest BCUT2D eigenvalue weighted by Crippen LogP contribution is 2.22. The summed E-state index contributed by atoms with van der Waals surface area (Å²) in [5.74, 6) is 0. The van der Waals surface area contributed by atoms with Gasteiger partial charge in [0.15, 0.2) is 0 Å². The topological polar surface area (TPSA) is 23.5 Å². The van der Waals surface area contributed by atoms with Crippen molar-refractivity contribution in [1.82, 2.24) is 0 Å². The first kappa shape index (κ1) is 15.0. The van der Waals surface area contributed by atoms with Crippen LogP contribution in [0.25, 0.3) is 0 Å². The van der Waals surface area contributed by atoms with Gasteiger partial charge in [0.05, 0.1) is 6.10 Å². The van der Waals surface area contributed by atoms with Crippen molar-refractivity contribution in [2.24, 2.45) is 5.41 Å². The van der Waals surface area contributed by atoms with Crippen LogP contribution in [0.4, 0.5) is 5.69 Å². The molecule has 2 heteroatoms. The zero-order chi connectivity index (χ0) is 13.8. The summed E-state index contributed by atoms with van der Waals surface area (Å²) in [7, 11) is 2.08. The zero-order valence-electron chi connectivity index (χ0n) is 12.4. The molecule has 102 valence electrons. The number of nitrogens with zero attached hydrogens (tertiary/aromatic N) is 1. The number of hydrogen-bond donors (Lipinski definition) is 1. The number of aliphatic hydroxyl groups is 1. The summed E-state index contributed by atoms with van der Waals surface area (Å²) in [5.41, 5.74) is 2.54. The number of anilines is 1. The first-order chi connectivity index (χ1) is 8.34. The minimum atomic E-state index is -0.255. The molecule has 0 spiro atoms. The molecule has 1 aromatic carbocycles. The monoisotopic (exact) mass is 249 g/mol. The lowest BCUT2D eigenvalue weighted by atomic mass is 9.87. The molecule has 0 aliphatic heterocycles. The van der Waals surface area contributed by atoms with Crippen LogP contribution >= 0.6 is 0 Å². The smallest absolute Gasteiger partial charge is 0.0605 e. The minimum absolute atomic E-state index is 0.0348. The van der Waals surface area contributed by atoms with Crippen molar-refractivity contribution in [3.8, 4) is 0 Å². The molecule has 0 fully saturated rings. The summed E-state index contributed by atoms with van der Waals surface area (Å²) in [6.07, 6.45) is 1.62. The SMILES string of the molecule is CCc1ccc(N(C)CCC(O)C(C)(C)C)cc1. The van der Waals surface area contributed by atoms with E-state index >= 15 is 0 Å². The van der Waals surface area contributed by atoms with E-state index in [0.717, 1.165) is 19.4 Å². The number of hydrogen-bond acceptors (Lipinski definition) is 2. The Morgan fingerprint density at radius 3 is 2.17 bits per heavy atom. The predicted molar refractivity (Wildman–Crippen MR) is 79.2 cm³/mol. The Labute approximate surface area is 112 Å². The Kier molecular flexibility index (Phi) is 5.21. The van der Waals surface area contributed by atoms with Crippen molar-refractivity contribution in [1.29, 1.82) is 0 Å². The molecule has 1 N–H and O–H groups in total. The van der Waals surface area contributed by atoms with Crippen LogP contribution in [0.1, 0.15) is 39.7 Å². The first-order valence-electron chi connectivity index (χ1n) is 6.82. The van der Waals surface area contributed by atoms with Gasteiger partial charge in [0.25, 0.3) is 0 Å². The fourth-order valence-corrected chi connectivity index (χ4v) is 1.86. The highest BCUT2D eigenvalue weighted by atomic mass is 16.3. The molecule has 1 rings (SSSR count). The third-order valence-corrected chi connectivity index (χ3v) is 3.52. The Hall–Kier alpha value is -1.02. The van der Waals surface area contributed by atoms with E-state index in [9.17, 15) is 5.11 Å². The number of benzene rings is 1.